The molecule has 0 saturated heterocycles. The van der Waals surface area contributed by atoms with Crippen LogP contribution in [0.5, 0.6) is 0 Å². The highest BCUT2D eigenvalue weighted by molar-refractivity contribution is 5.94. The summed E-state index contributed by atoms with van der Waals surface area (Å²) < 4.78 is 4.95. The van der Waals surface area contributed by atoms with E-state index in [2.05, 4.69) is 6.08 Å². The number of hydrogen-bond donors (Lipinski definition) is 0. The Kier molecular flexibility index (Phi) is 7.98. The molecule has 0 heterocycles. The van der Waals surface area contributed by atoms with Gasteiger partial charge in [-0.25, -0.2) is 0 Å². The lowest BCUT2D eigenvalue weighted by Gasteiger charge is -2.24. The maximum atomic E-state index is 12.9. The lowest BCUT2D eigenvalue weighted by Crippen LogP contribution is -2.34. The van der Waals surface area contributed by atoms with Crippen molar-refractivity contribution in [3.8, 4) is 0 Å². The van der Waals surface area contributed by atoms with Crippen molar-refractivity contribution in [2.24, 2.45) is 0 Å². The number of allylic oxidation sites excluding steroid dienone is 1. The minimum absolute atomic E-state index is 0.0583. The van der Waals surface area contributed by atoms with Crippen molar-refractivity contribution >= 4 is 17.6 Å². The zero-order valence-electron chi connectivity index (χ0n) is 15.7. The lowest BCUT2D eigenvalue weighted by atomic mass is 9.97. The first kappa shape index (κ1) is 20.6. The molecule has 7 nitrogen and oxygen atoms in total. The van der Waals surface area contributed by atoms with Crippen LogP contribution in [0.2, 0.25) is 0 Å². The first-order valence-corrected chi connectivity index (χ1v) is 9.38. The molecule has 0 spiro atoms. The van der Waals surface area contributed by atoms with Crippen LogP contribution >= 0.6 is 0 Å². The minimum atomic E-state index is -0.498. The summed E-state index contributed by atoms with van der Waals surface area (Å²) in [5, 5.41) is 10.8. The molecule has 0 aromatic heterocycles. The Morgan fingerprint density at radius 3 is 2.52 bits per heavy atom. The number of amides is 1. The minimum Gasteiger partial charge on any atom is -0.466 e. The molecule has 0 radical (unpaired) electrons. The van der Waals surface area contributed by atoms with Gasteiger partial charge < -0.3 is 9.64 Å². The van der Waals surface area contributed by atoms with E-state index in [1.165, 1.54) is 42.7 Å². The Morgan fingerprint density at radius 2 is 1.93 bits per heavy atom. The van der Waals surface area contributed by atoms with Crippen LogP contribution < -0.4 is 0 Å². The molecule has 0 N–H and O–H groups in total. The molecule has 1 aliphatic rings. The second-order valence-corrected chi connectivity index (χ2v) is 6.51. The largest absolute Gasteiger partial charge is 0.466 e. The van der Waals surface area contributed by atoms with Crippen molar-refractivity contribution in [1.29, 1.82) is 0 Å². The third-order valence-corrected chi connectivity index (χ3v) is 4.59. The molecule has 1 aliphatic carbocycles. The van der Waals surface area contributed by atoms with E-state index in [-0.39, 0.29) is 30.5 Å². The number of nitrogens with zero attached hydrogens (tertiary/aromatic N) is 2. The Bertz CT molecular complexity index is 697. The highest BCUT2D eigenvalue weighted by Crippen LogP contribution is 2.21. The Hall–Kier alpha value is -2.70. The monoisotopic (exact) mass is 374 g/mol. The van der Waals surface area contributed by atoms with Gasteiger partial charge in [0.25, 0.3) is 11.6 Å². The van der Waals surface area contributed by atoms with Crippen molar-refractivity contribution < 1.29 is 19.2 Å². The van der Waals surface area contributed by atoms with Gasteiger partial charge >= 0.3 is 5.97 Å². The van der Waals surface area contributed by atoms with Gasteiger partial charge in [-0.2, -0.15) is 0 Å². The first-order valence-electron chi connectivity index (χ1n) is 9.38. The summed E-state index contributed by atoms with van der Waals surface area (Å²) in [6.45, 7) is 2.83. The topological polar surface area (TPSA) is 89.8 Å². The number of nitro groups is 1. The van der Waals surface area contributed by atoms with Gasteiger partial charge in [0.2, 0.25) is 0 Å². The lowest BCUT2D eigenvalue weighted by molar-refractivity contribution is -0.384. The van der Waals surface area contributed by atoms with Crippen molar-refractivity contribution in [2.75, 3.05) is 19.7 Å². The predicted octanol–water partition coefficient (Wildman–Crippen LogP) is 3.88. The van der Waals surface area contributed by atoms with Crippen LogP contribution in [-0.2, 0) is 9.53 Å². The van der Waals surface area contributed by atoms with Crippen molar-refractivity contribution in [3.05, 3.63) is 51.6 Å². The number of non-ortho nitro benzene ring substituents is 1. The quantitative estimate of drug-likeness (QED) is 0.283. The molecule has 27 heavy (non-hydrogen) atoms. The molecule has 0 aliphatic heterocycles. The van der Waals surface area contributed by atoms with E-state index in [0.29, 0.717) is 18.7 Å². The molecule has 0 atom stereocenters. The van der Waals surface area contributed by atoms with Gasteiger partial charge in [0, 0.05) is 30.8 Å². The van der Waals surface area contributed by atoms with E-state index in [1.807, 2.05) is 0 Å². The van der Waals surface area contributed by atoms with Gasteiger partial charge in [0.15, 0.2) is 0 Å². The molecular weight excluding hydrogens is 348 g/mol. The molecule has 0 unspecified atom stereocenters. The smallest absolute Gasteiger partial charge is 0.307 e. The first-order chi connectivity index (χ1) is 13.0. The maximum Gasteiger partial charge on any atom is 0.307 e. The van der Waals surface area contributed by atoms with Crippen LogP contribution in [0, 0.1) is 10.1 Å². The number of carbonyl (C=O) groups is 2. The highest BCUT2D eigenvalue weighted by Gasteiger charge is 2.19. The average molecular weight is 374 g/mol. The number of hydrogen-bond acceptors (Lipinski definition) is 5. The summed E-state index contributed by atoms with van der Waals surface area (Å²) in [5.74, 6) is -0.568. The highest BCUT2D eigenvalue weighted by atomic mass is 16.6. The van der Waals surface area contributed by atoms with Gasteiger partial charge in [0.1, 0.15) is 0 Å². The van der Waals surface area contributed by atoms with Gasteiger partial charge in [-0.05, 0) is 51.2 Å². The maximum absolute atomic E-state index is 12.9. The Morgan fingerprint density at radius 1 is 1.19 bits per heavy atom. The van der Waals surface area contributed by atoms with E-state index in [4.69, 9.17) is 4.74 Å². The number of esters is 1. The van der Waals surface area contributed by atoms with Crippen molar-refractivity contribution in [2.45, 2.75) is 45.4 Å². The summed E-state index contributed by atoms with van der Waals surface area (Å²) in [6.07, 6.45) is 7.66. The van der Waals surface area contributed by atoms with E-state index in [0.717, 1.165) is 19.3 Å². The van der Waals surface area contributed by atoms with Crippen LogP contribution in [-0.4, -0.2) is 41.4 Å². The zero-order chi connectivity index (χ0) is 19.6. The van der Waals surface area contributed by atoms with Crippen molar-refractivity contribution in [1.82, 2.24) is 4.90 Å². The number of rotatable bonds is 9. The summed E-state index contributed by atoms with van der Waals surface area (Å²) in [6, 6.07) is 5.55. The zero-order valence-corrected chi connectivity index (χ0v) is 15.7. The van der Waals surface area contributed by atoms with Gasteiger partial charge in [-0.1, -0.05) is 11.6 Å². The molecule has 0 bridgehead atoms. The van der Waals surface area contributed by atoms with E-state index in [9.17, 15) is 19.7 Å². The van der Waals surface area contributed by atoms with Crippen LogP contribution in [0.3, 0.4) is 0 Å². The molecular formula is C20H26N2O5. The second kappa shape index (κ2) is 10.4. The summed E-state index contributed by atoms with van der Waals surface area (Å²) in [7, 11) is 0. The van der Waals surface area contributed by atoms with Gasteiger partial charge in [-0.15, -0.1) is 0 Å². The number of benzene rings is 1. The predicted molar refractivity (Wildman–Crippen MR) is 101 cm³/mol. The van der Waals surface area contributed by atoms with Crippen molar-refractivity contribution in [3.63, 3.8) is 0 Å². The molecule has 1 amide bonds. The van der Waals surface area contributed by atoms with E-state index < -0.39 is 4.92 Å². The fourth-order valence-corrected chi connectivity index (χ4v) is 3.09. The molecule has 146 valence electrons. The summed E-state index contributed by atoms with van der Waals surface area (Å²) in [4.78, 5) is 36.5. The second-order valence-electron chi connectivity index (χ2n) is 6.51. The fraction of sp³-hybridized carbons (Fsp3) is 0.500. The fourth-order valence-electron chi connectivity index (χ4n) is 3.09. The molecule has 2 rings (SSSR count). The molecule has 1 aromatic rings. The van der Waals surface area contributed by atoms with E-state index >= 15 is 0 Å². The number of ether oxygens (including phenoxy) is 1. The van der Waals surface area contributed by atoms with Gasteiger partial charge in [0.05, 0.1) is 18.0 Å². The molecule has 7 heteroatoms. The summed E-state index contributed by atoms with van der Waals surface area (Å²) >= 11 is 0. The summed E-state index contributed by atoms with van der Waals surface area (Å²) in [5.41, 5.74) is 1.66. The standard InChI is InChI=1S/C20H26N2O5/c1-2-27-19(23)13-15-21(14-12-16-6-4-3-5-7-16)20(24)17-8-10-18(11-9-17)22(25)26/h6,8-11H,2-5,7,12-15H2,1H3. The number of carbonyl (C=O) groups excluding carboxylic acids is 2. The molecule has 0 saturated carbocycles. The third kappa shape index (κ3) is 6.51. The molecule has 0 fully saturated rings. The Balaban J connectivity index is 2.06. The van der Waals surface area contributed by atoms with Crippen LogP contribution in [0.1, 0.15) is 55.8 Å². The van der Waals surface area contributed by atoms with Crippen LogP contribution in [0.25, 0.3) is 0 Å². The van der Waals surface area contributed by atoms with Gasteiger partial charge in [-0.3, -0.25) is 19.7 Å². The normalized spacial score (nSPS) is 13.6. The average Bonchev–Trinajstić information content (AvgIpc) is 2.68. The third-order valence-electron chi connectivity index (χ3n) is 4.59. The Labute approximate surface area is 159 Å². The molecule has 1 aromatic carbocycles. The van der Waals surface area contributed by atoms with Crippen LogP contribution in [0.4, 0.5) is 5.69 Å². The number of nitro benzene ring substituents is 1. The SMILES string of the molecule is CCOC(=O)CCN(CCC1=CCCCC1)C(=O)c1ccc([N+](=O)[O-])cc1. The van der Waals surface area contributed by atoms with Crippen LogP contribution in [0.15, 0.2) is 35.9 Å². The van der Waals surface area contributed by atoms with E-state index in [1.54, 1.807) is 11.8 Å².